The second-order valence-electron chi connectivity index (χ2n) is 5.90. The van der Waals surface area contributed by atoms with Gasteiger partial charge in [0.2, 0.25) is 5.91 Å². The molecule has 0 radical (unpaired) electrons. The highest BCUT2D eigenvalue weighted by Gasteiger charge is 2.02. The summed E-state index contributed by atoms with van der Waals surface area (Å²) in [5.74, 6) is 6.02. The number of nitrogens with one attached hydrogen (secondary N) is 1. The lowest BCUT2D eigenvalue weighted by atomic mass is 10.2. The summed E-state index contributed by atoms with van der Waals surface area (Å²) in [7, 11) is 0. The second-order valence-corrected chi connectivity index (χ2v) is 5.90. The van der Waals surface area contributed by atoms with Crippen molar-refractivity contribution in [2.45, 2.75) is 0 Å². The first kappa shape index (κ1) is 19.6. The minimum absolute atomic E-state index is 0.00375. The van der Waals surface area contributed by atoms with Crippen molar-refractivity contribution in [3.05, 3.63) is 82.5 Å². The Kier molecular flexibility index (Phi) is 6.53. The van der Waals surface area contributed by atoms with Crippen molar-refractivity contribution in [2.24, 2.45) is 0 Å². The van der Waals surface area contributed by atoms with Gasteiger partial charge in [-0.05, 0) is 42.0 Å². The van der Waals surface area contributed by atoms with Gasteiger partial charge >= 0.3 is 0 Å². The van der Waals surface area contributed by atoms with E-state index in [1.165, 1.54) is 18.2 Å². The molecule has 0 spiro atoms. The van der Waals surface area contributed by atoms with Gasteiger partial charge in [-0.2, -0.15) is 0 Å². The number of rotatable bonds is 6. The zero-order chi connectivity index (χ0) is 20.5. The molecule has 3 aromatic rings. The molecule has 0 aliphatic carbocycles. The number of hydrogen-bond acceptors (Lipinski definition) is 5. The SMILES string of the molecule is O=C(/C=C/c1ccc([N+](=O)[O-])cc1)NCC#CCOc1ccc2cccnc2c1. The quantitative estimate of drug-likeness (QED) is 0.303. The topological polar surface area (TPSA) is 94.4 Å². The number of fused-ring (bicyclic) bond motifs is 1. The van der Waals surface area contributed by atoms with Gasteiger partial charge in [-0.3, -0.25) is 19.9 Å². The Balaban J connectivity index is 1.41. The van der Waals surface area contributed by atoms with Gasteiger partial charge in [0.15, 0.2) is 0 Å². The number of ether oxygens (including phenoxy) is 1. The molecule has 29 heavy (non-hydrogen) atoms. The van der Waals surface area contributed by atoms with Gasteiger partial charge in [-0.1, -0.05) is 17.9 Å². The number of non-ortho nitro benzene ring substituents is 1. The maximum absolute atomic E-state index is 11.8. The van der Waals surface area contributed by atoms with Gasteiger partial charge in [0.1, 0.15) is 12.4 Å². The fourth-order valence-corrected chi connectivity index (χ4v) is 2.44. The van der Waals surface area contributed by atoms with Gasteiger partial charge < -0.3 is 10.1 Å². The zero-order valence-electron chi connectivity index (χ0n) is 15.4. The maximum atomic E-state index is 11.8. The van der Waals surface area contributed by atoms with Crippen molar-refractivity contribution in [1.29, 1.82) is 0 Å². The molecule has 144 valence electrons. The molecule has 0 aliphatic heterocycles. The first-order valence-electron chi connectivity index (χ1n) is 8.75. The van der Waals surface area contributed by atoms with Crippen LogP contribution >= 0.6 is 0 Å². The Labute approximate surface area is 167 Å². The molecule has 0 saturated carbocycles. The van der Waals surface area contributed by atoms with Crippen LogP contribution in [-0.2, 0) is 4.79 Å². The third kappa shape index (κ3) is 5.91. The molecule has 3 rings (SSSR count). The summed E-state index contributed by atoms with van der Waals surface area (Å²) < 4.78 is 5.56. The summed E-state index contributed by atoms with van der Waals surface area (Å²) in [5.41, 5.74) is 1.55. The van der Waals surface area contributed by atoms with Crippen LogP contribution in [0.15, 0.2) is 66.9 Å². The van der Waals surface area contributed by atoms with Gasteiger partial charge in [-0.15, -0.1) is 0 Å². The molecular formula is C22H17N3O4. The summed E-state index contributed by atoms with van der Waals surface area (Å²) in [4.78, 5) is 26.2. The first-order valence-corrected chi connectivity index (χ1v) is 8.75. The zero-order valence-corrected chi connectivity index (χ0v) is 15.4. The third-order valence-electron chi connectivity index (χ3n) is 3.90. The predicted octanol–water partition coefficient (Wildman–Crippen LogP) is 3.35. The standard InChI is InChI=1S/C22H17N3O4/c26-22(12-7-17-5-9-19(10-6-17)25(27)28)24-13-1-2-15-29-20-11-8-18-4-3-14-23-21(18)16-20/h3-12,14,16H,13,15H2,(H,24,26)/b12-7+. The van der Waals surface area contributed by atoms with E-state index in [1.54, 1.807) is 24.4 Å². The minimum atomic E-state index is -0.473. The molecular weight excluding hydrogens is 370 g/mol. The van der Waals surface area contributed by atoms with Crippen molar-refractivity contribution in [2.75, 3.05) is 13.2 Å². The molecule has 7 heteroatoms. The molecule has 1 amide bonds. The van der Waals surface area contributed by atoms with Gasteiger partial charge in [0.25, 0.3) is 5.69 Å². The van der Waals surface area contributed by atoms with Crippen LogP contribution in [0, 0.1) is 22.0 Å². The number of carbonyl (C=O) groups is 1. The van der Waals surface area contributed by atoms with Crippen molar-refractivity contribution in [3.63, 3.8) is 0 Å². The van der Waals surface area contributed by atoms with Crippen LogP contribution in [0.4, 0.5) is 5.69 Å². The normalized spacial score (nSPS) is 10.3. The number of nitrogens with zero attached hydrogens (tertiary/aromatic N) is 2. The van der Waals surface area contributed by atoms with E-state index in [9.17, 15) is 14.9 Å². The van der Waals surface area contributed by atoms with Crippen molar-refractivity contribution < 1.29 is 14.5 Å². The molecule has 0 fully saturated rings. The molecule has 0 aliphatic rings. The highest BCUT2D eigenvalue weighted by molar-refractivity contribution is 5.91. The highest BCUT2D eigenvalue weighted by Crippen LogP contribution is 2.18. The fourth-order valence-electron chi connectivity index (χ4n) is 2.44. The van der Waals surface area contributed by atoms with E-state index >= 15 is 0 Å². The molecule has 1 aromatic heterocycles. The van der Waals surface area contributed by atoms with Crippen LogP contribution < -0.4 is 10.1 Å². The molecule has 7 nitrogen and oxygen atoms in total. The minimum Gasteiger partial charge on any atom is -0.481 e. The maximum Gasteiger partial charge on any atom is 0.269 e. The summed E-state index contributed by atoms with van der Waals surface area (Å²) in [5, 5.41) is 14.3. The van der Waals surface area contributed by atoms with Crippen LogP contribution in [0.3, 0.4) is 0 Å². The van der Waals surface area contributed by atoms with E-state index < -0.39 is 4.92 Å². The average molecular weight is 387 g/mol. The smallest absolute Gasteiger partial charge is 0.269 e. The van der Waals surface area contributed by atoms with Gasteiger partial charge in [0.05, 0.1) is 17.0 Å². The van der Waals surface area contributed by atoms with Crippen LogP contribution in [-0.4, -0.2) is 29.0 Å². The number of nitro benzene ring substituents is 1. The number of carbonyl (C=O) groups excluding carboxylic acids is 1. The van der Waals surface area contributed by atoms with Crippen molar-refractivity contribution >= 4 is 28.6 Å². The Morgan fingerprint density at radius 1 is 1.17 bits per heavy atom. The number of nitro groups is 1. The third-order valence-corrected chi connectivity index (χ3v) is 3.90. The van der Waals surface area contributed by atoms with E-state index in [4.69, 9.17) is 4.74 Å². The second kappa shape index (κ2) is 9.67. The van der Waals surface area contributed by atoms with Crippen LogP contribution in [0.25, 0.3) is 17.0 Å². The molecule has 0 bridgehead atoms. The van der Waals surface area contributed by atoms with Crippen LogP contribution in [0.2, 0.25) is 0 Å². The van der Waals surface area contributed by atoms with Crippen molar-refractivity contribution in [3.8, 4) is 17.6 Å². The number of pyridine rings is 1. The monoisotopic (exact) mass is 387 g/mol. The first-order chi connectivity index (χ1) is 14.1. The van der Waals surface area contributed by atoms with Gasteiger partial charge in [-0.25, -0.2) is 0 Å². The molecule has 0 unspecified atom stereocenters. The lowest BCUT2D eigenvalue weighted by Gasteiger charge is -2.03. The Bertz CT molecular complexity index is 1110. The molecule has 1 heterocycles. The van der Waals surface area contributed by atoms with E-state index in [1.807, 2.05) is 30.3 Å². The van der Waals surface area contributed by atoms with E-state index in [2.05, 4.69) is 22.1 Å². The van der Waals surface area contributed by atoms with E-state index in [-0.39, 0.29) is 24.7 Å². The summed E-state index contributed by atoms with van der Waals surface area (Å²) >= 11 is 0. The summed E-state index contributed by atoms with van der Waals surface area (Å²) in [6.45, 7) is 0.388. The van der Waals surface area contributed by atoms with Gasteiger partial charge in [0, 0.05) is 35.9 Å². The van der Waals surface area contributed by atoms with Crippen LogP contribution in [0.1, 0.15) is 5.56 Å². The summed E-state index contributed by atoms with van der Waals surface area (Å²) in [6, 6.07) is 15.4. The number of aromatic nitrogens is 1. The lowest BCUT2D eigenvalue weighted by molar-refractivity contribution is -0.384. The number of hydrogen-bond donors (Lipinski definition) is 1. The fraction of sp³-hybridized carbons (Fsp3) is 0.0909. The Hall–Kier alpha value is -4.18. The van der Waals surface area contributed by atoms with E-state index in [0.717, 1.165) is 10.9 Å². The lowest BCUT2D eigenvalue weighted by Crippen LogP contribution is -2.21. The highest BCUT2D eigenvalue weighted by atomic mass is 16.6. The molecule has 1 N–H and O–H groups in total. The largest absolute Gasteiger partial charge is 0.481 e. The molecule has 0 atom stereocenters. The molecule has 0 saturated heterocycles. The number of amides is 1. The number of benzene rings is 2. The summed E-state index contributed by atoms with van der Waals surface area (Å²) in [6.07, 6.45) is 4.65. The average Bonchev–Trinajstić information content (AvgIpc) is 2.75. The Morgan fingerprint density at radius 2 is 2.00 bits per heavy atom. The van der Waals surface area contributed by atoms with E-state index in [0.29, 0.717) is 11.3 Å². The van der Waals surface area contributed by atoms with Crippen molar-refractivity contribution in [1.82, 2.24) is 10.3 Å². The predicted molar refractivity (Wildman–Crippen MR) is 110 cm³/mol. The Morgan fingerprint density at radius 3 is 2.79 bits per heavy atom. The van der Waals surface area contributed by atoms with Crippen LogP contribution in [0.5, 0.6) is 5.75 Å². The molecule has 2 aromatic carbocycles.